The molecule has 4 aliphatic rings. The van der Waals surface area contributed by atoms with Gasteiger partial charge in [0.15, 0.2) is 0 Å². The van der Waals surface area contributed by atoms with Gasteiger partial charge in [-0.05, 0) is 67.0 Å². The molecule has 0 spiro atoms. The molecule has 1 saturated heterocycles. The largest absolute Gasteiger partial charge is 0.489 e. The fourth-order valence-corrected chi connectivity index (χ4v) is 9.56. The summed E-state index contributed by atoms with van der Waals surface area (Å²) in [6, 6.07) is 11.0. The van der Waals surface area contributed by atoms with Crippen molar-refractivity contribution in [2.45, 2.75) is 129 Å². The van der Waals surface area contributed by atoms with E-state index in [0.717, 1.165) is 17.5 Å². The van der Waals surface area contributed by atoms with Crippen LogP contribution in [-0.4, -0.2) is 87.6 Å². The van der Waals surface area contributed by atoms with Gasteiger partial charge < -0.3 is 35.4 Å². The van der Waals surface area contributed by atoms with Crippen LogP contribution in [0.4, 0.5) is 0 Å². The molecule has 2 saturated carbocycles. The number of carbonyl (C=O) groups is 4. The van der Waals surface area contributed by atoms with Crippen LogP contribution in [0, 0.1) is 39.4 Å². The molecule has 3 fully saturated rings. The van der Waals surface area contributed by atoms with Crippen LogP contribution < -0.4 is 15.8 Å². The van der Waals surface area contributed by atoms with Crippen molar-refractivity contribution >= 4 is 35.2 Å². The van der Waals surface area contributed by atoms with Crippen LogP contribution in [0.5, 0.6) is 5.75 Å². The molecule has 304 valence electrons. The number of nitrogens with one attached hydrogen (secondary N) is 1. The average Bonchev–Trinajstić information content (AvgIpc) is 3.73. The second-order valence-corrected chi connectivity index (χ2v) is 18.7. The predicted octanol–water partition coefficient (Wildman–Crippen LogP) is 5.10. The third kappa shape index (κ3) is 8.23. The fraction of sp³-hybridized carbons (Fsp3) is 0.568. The Hall–Kier alpha value is -4.62. The summed E-state index contributed by atoms with van der Waals surface area (Å²) in [7, 11) is 0. The molecule has 12 nitrogen and oxygen atoms in total. The summed E-state index contributed by atoms with van der Waals surface area (Å²) in [6.45, 7) is 14.8. The molecule has 3 atom stereocenters. The number of amides is 4. The Labute approximate surface area is 340 Å². The topological polar surface area (TPSA) is 175 Å². The van der Waals surface area contributed by atoms with E-state index in [4.69, 9.17) is 26.8 Å². The van der Waals surface area contributed by atoms with Gasteiger partial charge in [0.25, 0.3) is 11.8 Å². The Kier molecular flexibility index (Phi) is 11.5. The number of nitrogens with zero attached hydrogens (tertiary/aromatic N) is 3. The molecule has 4 amide bonds. The highest BCUT2D eigenvalue weighted by atomic mass is 35.5. The summed E-state index contributed by atoms with van der Waals surface area (Å²) in [5.41, 5.74) is 6.00. The van der Waals surface area contributed by atoms with Gasteiger partial charge >= 0.3 is 0 Å². The minimum atomic E-state index is -0.990. The standard InChI is InChI=1S/C44H54ClN5O7/c1-41(2,3)34(37(54)49-25-29(51)21-33(49)35(47)52)48-40(55)44(17-18-44)56-19-11-9-8-10-12-26-13-16-31-28(20-26)24-50(36(31)53)38-42(4,5)39(43(38,6)7)57-30-15-14-27(23-46)32(45)22-30/h13-16,20,22,29,33-34,38-39,51H,8-9,11,17-19,21,24-25H2,1-7H3,(H2,47,52)(H,48,55)/t29-,33-,34-,38-,39-/m1/s1. The van der Waals surface area contributed by atoms with Gasteiger partial charge in [-0.25, -0.2) is 0 Å². The van der Waals surface area contributed by atoms with Crippen molar-refractivity contribution in [3.63, 3.8) is 0 Å². The molecule has 13 heteroatoms. The SMILES string of the molecule is CC(C)(C)[C@H](NC(=O)C1(OCCCCC#Cc2ccc3c(c2)CN([C@H]2C(C)(C)[C@H](Oc4ccc(C#N)c(Cl)c4)C2(C)C)C3=O)CC1)C(=O)N1C[C@H](O)C[C@@H]1C(N)=O. The Morgan fingerprint density at radius 2 is 1.79 bits per heavy atom. The minimum Gasteiger partial charge on any atom is -0.489 e. The lowest BCUT2D eigenvalue weighted by molar-refractivity contribution is -0.199. The van der Waals surface area contributed by atoms with Crippen LogP contribution in [-0.2, 0) is 25.7 Å². The normalized spacial score (nSPS) is 24.3. The van der Waals surface area contributed by atoms with Crippen LogP contribution in [0.15, 0.2) is 36.4 Å². The van der Waals surface area contributed by atoms with E-state index in [9.17, 15) is 29.5 Å². The molecule has 6 rings (SSSR count). The summed E-state index contributed by atoms with van der Waals surface area (Å²) in [5.74, 6) is 5.59. The summed E-state index contributed by atoms with van der Waals surface area (Å²) >= 11 is 6.27. The van der Waals surface area contributed by atoms with E-state index in [2.05, 4.69) is 50.9 Å². The Morgan fingerprint density at radius 1 is 1.09 bits per heavy atom. The number of primary amides is 1. The van der Waals surface area contributed by atoms with Gasteiger partial charge in [-0.1, -0.05) is 71.9 Å². The zero-order valence-corrected chi connectivity index (χ0v) is 34.7. The first-order valence-electron chi connectivity index (χ1n) is 19.7. The average molecular weight is 800 g/mol. The molecule has 2 aromatic carbocycles. The summed E-state index contributed by atoms with van der Waals surface area (Å²) in [6.07, 6.45) is 2.21. The van der Waals surface area contributed by atoms with E-state index >= 15 is 0 Å². The number of likely N-dealkylation sites (tertiary alicyclic amines) is 1. The summed E-state index contributed by atoms with van der Waals surface area (Å²) < 4.78 is 12.5. The highest BCUT2D eigenvalue weighted by molar-refractivity contribution is 6.31. The molecule has 2 aromatic rings. The number of unbranched alkanes of at least 4 members (excludes halogenated alkanes) is 2. The van der Waals surface area contributed by atoms with E-state index in [1.165, 1.54) is 4.90 Å². The van der Waals surface area contributed by atoms with Gasteiger partial charge in [0.05, 0.1) is 16.7 Å². The number of hydrogen-bond acceptors (Lipinski definition) is 8. The number of β-amino-alcohol motifs (C(OH)–C–C–N with tert-alkyl or cyclic N) is 1. The summed E-state index contributed by atoms with van der Waals surface area (Å²) in [4.78, 5) is 56.0. The van der Waals surface area contributed by atoms with Crippen LogP contribution in [0.3, 0.4) is 0 Å². The van der Waals surface area contributed by atoms with Gasteiger partial charge in [0, 0.05) is 66.6 Å². The van der Waals surface area contributed by atoms with Crippen LogP contribution in [0.1, 0.15) is 114 Å². The highest BCUT2D eigenvalue weighted by Crippen LogP contribution is 2.59. The third-order valence-electron chi connectivity index (χ3n) is 12.0. The molecule has 2 aliphatic carbocycles. The van der Waals surface area contributed by atoms with Crippen molar-refractivity contribution in [1.29, 1.82) is 5.26 Å². The minimum absolute atomic E-state index is 0.00122. The molecule has 2 aliphatic heterocycles. The fourth-order valence-electron chi connectivity index (χ4n) is 9.34. The first-order valence-corrected chi connectivity index (χ1v) is 20.1. The molecule has 0 aromatic heterocycles. The number of aliphatic hydroxyl groups excluding tert-OH is 1. The quantitative estimate of drug-likeness (QED) is 0.196. The van der Waals surface area contributed by atoms with Crippen LogP contribution in [0.2, 0.25) is 5.02 Å². The van der Waals surface area contributed by atoms with Gasteiger partial charge in [0.1, 0.15) is 35.6 Å². The van der Waals surface area contributed by atoms with E-state index in [1.807, 2.05) is 43.9 Å². The van der Waals surface area contributed by atoms with Crippen molar-refractivity contribution in [2.75, 3.05) is 13.2 Å². The lowest BCUT2D eigenvalue weighted by Gasteiger charge is -2.65. The number of benzene rings is 2. The Bertz CT molecular complexity index is 2040. The van der Waals surface area contributed by atoms with Crippen molar-refractivity contribution in [3.8, 4) is 23.7 Å². The van der Waals surface area contributed by atoms with Gasteiger partial charge in [-0.2, -0.15) is 5.26 Å². The highest BCUT2D eigenvalue weighted by Gasteiger charge is 2.67. The molecular weight excluding hydrogens is 746 g/mol. The second-order valence-electron chi connectivity index (χ2n) is 18.3. The third-order valence-corrected chi connectivity index (χ3v) is 12.3. The van der Waals surface area contributed by atoms with Gasteiger partial charge in [-0.15, -0.1) is 0 Å². The monoisotopic (exact) mass is 799 g/mol. The number of fused-ring (bicyclic) bond motifs is 1. The first-order chi connectivity index (χ1) is 26.7. The van der Waals surface area contributed by atoms with E-state index < -0.39 is 41.0 Å². The maximum Gasteiger partial charge on any atom is 0.254 e. The van der Waals surface area contributed by atoms with Crippen molar-refractivity contribution in [1.82, 2.24) is 15.1 Å². The zero-order chi connectivity index (χ0) is 41.7. The number of nitrogens with two attached hydrogens (primary N) is 1. The number of ether oxygens (including phenoxy) is 2. The summed E-state index contributed by atoms with van der Waals surface area (Å²) in [5, 5.41) is 22.6. The van der Waals surface area contributed by atoms with Crippen LogP contribution in [0.25, 0.3) is 0 Å². The maximum absolute atomic E-state index is 13.7. The second kappa shape index (κ2) is 15.6. The number of carbonyl (C=O) groups excluding carboxylic acids is 4. The lowest BCUT2D eigenvalue weighted by atomic mass is 9.49. The molecular formula is C44H54ClN5O7. The maximum atomic E-state index is 13.7. The number of aliphatic hydroxyl groups is 1. The van der Waals surface area contributed by atoms with Crippen LogP contribution >= 0.6 is 11.6 Å². The van der Waals surface area contributed by atoms with E-state index in [0.29, 0.717) is 60.7 Å². The molecule has 4 N–H and O–H groups in total. The van der Waals surface area contributed by atoms with Gasteiger partial charge in [-0.3, -0.25) is 19.2 Å². The number of rotatable bonds is 12. The molecule has 0 radical (unpaired) electrons. The number of nitriles is 1. The van der Waals surface area contributed by atoms with Crippen molar-refractivity contribution < 1.29 is 33.8 Å². The number of halogens is 1. The Morgan fingerprint density at radius 3 is 2.40 bits per heavy atom. The number of hydrogen-bond donors (Lipinski definition) is 3. The molecule has 0 unspecified atom stereocenters. The van der Waals surface area contributed by atoms with Crippen molar-refractivity contribution in [2.24, 2.45) is 22.0 Å². The lowest BCUT2D eigenvalue weighted by Crippen LogP contribution is -2.74. The molecule has 0 bridgehead atoms. The first kappa shape index (κ1) is 42.0. The predicted molar refractivity (Wildman–Crippen MR) is 214 cm³/mol. The molecule has 2 heterocycles. The van der Waals surface area contributed by atoms with E-state index in [1.54, 1.807) is 18.2 Å². The molecule has 57 heavy (non-hydrogen) atoms. The zero-order valence-electron chi connectivity index (χ0n) is 33.9. The Balaban J connectivity index is 0.984. The van der Waals surface area contributed by atoms with E-state index in [-0.39, 0.29) is 47.8 Å². The van der Waals surface area contributed by atoms with Gasteiger partial charge in [0.2, 0.25) is 11.8 Å². The smallest absolute Gasteiger partial charge is 0.254 e. The van der Waals surface area contributed by atoms with Crippen molar-refractivity contribution in [3.05, 3.63) is 63.7 Å².